The van der Waals surface area contributed by atoms with Gasteiger partial charge in [-0.3, -0.25) is 15.4 Å². The molecular formula is C7H5FN2O4. The second-order valence-corrected chi connectivity index (χ2v) is 2.30. The molecule has 0 heterocycles. The zero-order valence-electron chi connectivity index (χ0n) is 6.77. The highest BCUT2D eigenvalue weighted by molar-refractivity contribution is 5.84. The van der Waals surface area contributed by atoms with Crippen molar-refractivity contribution < 1.29 is 19.2 Å². The molecule has 1 aromatic carbocycles. The quantitative estimate of drug-likeness (QED) is 0.584. The van der Waals surface area contributed by atoms with Crippen LogP contribution in [0.3, 0.4) is 0 Å². The molecule has 0 saturated carbocycles. The Balaban J connectivity index is 2.83. The summed E-state index contributed by atoms with van der Waals surface area (Å²) in [6.07, 6.45) is -1.33. The van der Waals surface area contributed by atoms with Crippen molar-refractivity contribution in [3.63, 3.8) is 0 Å². The smallest absolute Gasteiger partial charge is 0.288 e. The van der Waals surface area contributed by atoms with Crippen molar-refractivity contribution in [3.8, 4) is 0 Å². The monoisotopic (exact) mass is 200 g/mol. The van der Waals surface area contributed by atoms with Crippen molar-refractivity contribution in [3.05, 3.63) is 34.4 Å². The first kappa shape index (κ1) is 9.90. The first-order valence-electron chi connectivity index (χ1n) is 3.47. The number of benzene rings is 1. The predicted octanol–water partition coefficient (Wildman–Crippen LogP) is 2.03. The summed E-state index contributed by atoms with van der Waals surface area (Å²) < 4.78 is 11.3. The average molecular weight is 200 g/mol. The van der Waals surface area contributed by atoms with Gasteiger partial charge >= 0.3 is 6.09 Å². The highest BCUT2D eigenvalue weighted by atomic mass is 19.3. The maximum Gasteiger partial charge on any atom is 0.449 e. The third kappa shape index (κ3) is 2.41. The number of non-ortho nitro benzene ring substituents is 1. The maximum atomic E-state index is 11.3. The molecule has 0 aliphatic rings. The predicted molar refractivity (Wildman–Crippen MR) is 44.3 cm³/mol. The molecule has 6 nitrogen and oxygen atoms in total. The van der Waals surface area contributed by atoms with Crippen LogP contribution in [0.1, 0.15) is 0 Å². The van der Waals surface area contributed by atoms with Crippen molar-refractivity contribution in [1.82, 2.24) is 0 Å². The number of nitro benzene ring substituents is 1. The number of halogens is 1. The summed E-state index contributed by atoms with van der Waals surface area (Å²) in [6, 6.07) is 5.04. The van der Waals surface area contributed by atoms with E-state index in [-0.39, 0.29) is 11.4 Å². The number of anilines is 1. The van der Waals surface area contributed by atoms with E-state index < -0.39 is 11.0 Å². The fourth-order valence-electron chi connectivity index (χ4n) is 0.834. The molecule has 0 spiro atoms. The molecule has 1 amide bonds. The summed E-state index contributed by atoms with van der Waals surface area (Å²) in [4.78, 5) is 22.9. The number of carbonyl (C=O) groups is 1. The maximum absolute atomic E-state index is 11.3. The molecule has 0 unspecified atom stereocenters. The Morgan fingerprint density at radius 2 is 2.29 bits per heavy atom. The van der Waals surface area contributed by atoms with Crippen LogP contribution in [0.2, 0.25) is 0 Å². The molecule has 1 aromatic rings. The van der Waals surface area contributed by atoms with Crippen molar-refractivity contribution in [1.29, 1.82) is 0 Å². The summed E-state index contributed by atoms with van der Waals surface area (Å²) in [5.41, 5.74) is -0.122. The number of amides is 1. The van der Waals surface area contributed by atoms with E-state index in [0.29, 0.717) is 0 Å². The number of hydrogen-bond acceptors (Lipinski definition) is 4. The van der Waals surface area contributed by atoms with Crippen molar-refractivity contribution in [2.24, 2.45) is 0 Å². The fourth-order valence-corrected chi connectivity index (χ4v) is 0.834. The van der Waals surface area contributed by atoms with E-state index in [9.17, 15) is 19.4 Å². The van der Waals surface area contributed by atoms with Crippen molar-refractivity contribution >= 4 is 17.5 Å². The van der Waals surface area contributed by atoms with Gasteiger partial charge in [0.2, 0.25) is 0 Å². The number of hydrogen-bond donors (Lipinski definition) is 1. The molecule has 0 saturated heterocycles. The molecule has 1 rings (SSSR count). The highest BCUT2D eigenvalue weighted by Gasteiger charge is 2.08. The van der Waals surface area contributed by atoms with E-state index in [4.69, 9.17) is 0 Å². The molecule has 0 aliphatic carbocycles. The normalized spacial score (nSPS) is 9.21. The van der Waals surface area contributed by atoms with E-state index in [1.54, 1.807) is 0 Å². The molecule has 74 valence electrons. The average Bonchev–Trinajstić information content (AvgIpc) is 2.18. The van der Waals surface area contributed by atoms with Gasteiger partial charge in [-0.15, -0.1) is 0 Å². The summed E-state index contributed by atoms with van der Waals surface area (Å²) in [6.45, 7) is 0. The van der Waals surface area contributed by atoms with Crippen LogP contribution in [-0.4, -0.2) is 11.0 Å². The first-order valence-corrected chi connectivity index (χ1v) is 3.47. The van der Waals surface area contributed by atoms with Gasteiger partial charge in [0.1, 0.15) is 0 Å². The minimum Gasteiger partial charge on any atom is -0.288 e. The molecule has 0 aliphatic heterocycles. The van der Waals surface area contributed by atoms with Gasteiger partial charge in [-0.1, -0.05) is 6.07 Å². The van der Waals surface area contributed by atoms with Gasteiger partial charge in [-0.05, 0) is 6.07 Å². The van der Waals surface area contributed by atoms with Crippen molar-refractivity contribution in [2.75, 3.05) is 5.32 Å². The molecule has 0 bridgehead atoms. The minimum atomic E-state index is -1.33. The lowest BCUT2D eigenvalue weighted by Gasteiger charge is -1.99. The Morgan fingerprint density at radius 3 is 2.86 bits per heavy atom. The Kier molecular flexibility index (Phi) is 2.95. The molecule has 0 aromatic heterocycles. The number of carbonyl (C=O) groups excluding carboxylic acids is 1. The van der Waals surface area contributed by atoms with Gasteiger partial charge in [0.25, 0.3) is 5.69 Å². The molecular weight excluding hydrogens is 195 g/mol. The second-order valence-electron chi connectivity index (χ2n) is 2.30. The van der Waals surface area contributed by atoms with Crippen LogP contribution in [-0.2, 0) is 4.94 Å². The summed E-state index contributed by atoms with van der Waals surface area (Å²) in [5, 5.41) is 12.2. The Hall–Kier alpha value is -2.18. The Bertz CT molecular complexity index is 368. The fraction of sp³-hybridized carbons (Fsp3) is 0. The summed E-state index contributed by atoms with van der Waals surface area (Å²) in [7, 11) is 0. The molecule has 0 radical (unpaired) electrons. The number of nitro groups is 1. The van der Waals surface area contributed by atoms with E-state index in [1.165, 1.54) is 18.2 Å². The zero-order valence-corrected chi connectivity index (χ0v) is 6.77. The van der Waals surface area contributed by atoms with Gasteiger partial charge in [-0.25, -0.2) is 9.74 Å². The van der Waals surface area contributed by atoms with Crippen LogP contribution < -0.4 is 5.32 Å². The van der Waals surface area contributed by atoms with Crippen molar-refractivity contribution in [2.45, 2.75) is 0 Å². The third-order valence-electron chi connectivity index (χ3n) is 1.37. The van der Waals surface area contributed by atoms with E-state index in [2.05, 4.69) is 4.94 Å². The standard InChI is InChI=1S/C7H5FN2O4/c8-14-7(11)9-5-2-1-3-6(4-5)10(12)13/h1-4H,(H,9,11). The zero-order chi connectivity index (χ0) is 10.6. The highest BCUT2D eigenvalue weighted by Crippen LogP contribution is 2.16. The van der Waals surface area contributed by atoms with Gasteiger partial charge in [0.15, 0.2) is 0 Å². The Morgan fingerprint density at radius 1 is 1.57 bits per heavy atom. The van der Waals surface area contributed by atoms with Gasteiger partial charge in [0, 0.05) is 16.7 Å². The lowest BCUT2D eigenvalue weighted by atomic mass is 10.3. The van der Waals surface area contributed by atoms with E-state index >= 15 is 0 Å². The summed E-state index contributed by atoms with van der Waals surface area (Å²) in [5.74, 6) is 0. The lowest BCUT2D eigenvalue weighted by molar-refractivity contribution is -0.384. The number of rotatable bonds is 2. The SMILES string of the molecule is O=C(Nc1cccc([N+](=O)[O-])c1)OF. The molecule has 7 heteroatoms. The summed E-state index contributed by atoms with van der Waals surface area (Å²) >= 11 is 0. The van der Waals surface area contributed by atoms with E-state index in [1.807, 2.05) is 5.32 Å². The van der Waals surface area contributed by atoms with Crippen LogP contribution in [0.25, 0.3) is 0 Å². The topological polar surface area (TPSA) is 81.5 Å². The van der Waals surface area contributed by atoms with Gasteiger partial charge < -0.3 is 0 Å². The Labute approximate surface area is 77.3 Å². The molecule has 0 fully saturated rings. The van der Waals surface area contributed by atoms with Gasteiger partial charge in [0.05, 0.1) is 10.6 Å². The first-order chi connectivity index (χ1) is 6.63. The third-order valence-corrected chi connectivity index (χ3v) is 1.37. The van der Waals surface area contributed by atoms with Crippen LogP contribution >= 0.6 is 0 Å². The van der Waals surface area contributed by atoms with Crippen LogP contribution in [0.4, 0.5) is 20.7 Å². The van der Waals surface area contributed by atoms with E-state index in [0.717, 1.165) is 6.07 Å². The van der Waals surface area contributed by atoms with Crippen LogP contribution in [0, 0.1) is 10.1 Å². The van der Waals surface area contributed by atoms with Crippen LogP contribution in [0.15, 0.2) is 24.3 Å². The number of nitrogens with zero attached hydrogens (tertiary/aromatic N) is 1. The molecule has 14 heavy (non-hydrogen) atoms. The molecule has 0 atom stereocenters. The second kappa shape index (κ2) is 4.17. The molecule has 1 N–H and O–H groups in total. The van der Waals surface area contributed by atoms with Gasteiger partial charge in [-0.2, -0.15) is 0 Å². The minimum absolute atomic E-state index is 0.0850. The lowest BCUT2D eigenvalue weighted by Crippen LogP contribution is -2.09. The van der Waals surface area contributed by atoms with Crippen LogP contribution in [0.5, 0.6) is 0 Å². The largest absolute Gasteiger partial charge is 0.449 e. The number of nitrogens with one attached hydrogen (secondary N) is 1.